The highest BCUT2D eigenvalue weighted by atomic mass is 79.9. The van der Waals surface area contributed by atoms with Gasteiger partial charge in [0.2, 0.25) is 0 Å². The Balaban J connectivity index is 1.88. The lowest BCUT2D eigenvalue weighted by molar-refractivity contribution is 0.0939. The molecule has 0 bridgehead atoms. The third kappa shape index (κ3) is 3.92. The number of hydrogen-bond acceptors (Lipinski definition) is 5. The quantitative estimate of drug-likeness (QED) is 0.712. The number of hydrogen-bond donors (Lipinski definition) is 1. The number of carbonyl (C=O) groups excluding carboxylic acids is 1. The van der Waals surface area contributed by atoms with Crippen LogP contribution in [0.5, 0.6) is 0 Å². The van der Waals surface area contributed by atoms with E-state index >= 15 is 0 Å². The summed E-state index contributed by atoms with van der Waals surface area (Å²) in [5.74, 6) is -0.298. The minimum Gasteiger partial charge on any atom is -0.344 e. The lowest BCUT2D eigenvalue weighted by Gasteiger charge is -2.16. The van der Waals surface area contributed by atoms with E-state index in [1.807, 2.05) is 31.2 Å². The predicted molar refractivity (Wildman–Crippen MR) is 100 cm³/mol. The van der Waals surface area contributed by atoms with E-state index in [2.05, 4.69) is 36.2 Å². The summed E-state index contributed by atoms with van der Waals surface area (Å²) in [6, 6.07) is 12.0. The van der Waals surface area contributed by atoms with Gasteiger partial charge in [-0.1, -0.05) is 22.0 Å². The third-order valence-corrected chi connectivity index (χ3v) is 4.14. The van der Waals surface area contributed by atoms with Crippen molar-refractivity contribution in [1.29, 1.82) is 5.26 Å². The summed E-state index contributed by atoms with van der Waals surface area (Å²) in [4.78, 5) is 25.6. The Kier molecular flexibility index (Phi) is 5.34. The van der Waals surface area contributed by atoms with Crippen LogP contribution < -0.4 is 5.32 Å². The van der Waals surface area contributed by atoms with Crippen LogP contribution in [0, 0.1) is 11.3 Å². The van der Waals surface area contributed by atoms with Crippen LogP contribution in [0.3, 0.4) is 0 Å². The molecule has 128 valence electrons. The number of halogens is 1. The molecule has 1 aromatic carbocycles. The topological polar surface area (TPSA) is 91.6 Å². The highest BCUT2D eigenvalue weighted by molar-refractivity contribution is 9.10. The largest absolute Gasteiger partial charge is 0.344 e. The number of aromatic nitrogens is 3. The smallest absolute Gasteiger partial charge is 0.251 e. The average Bonchev–Trinajstić information content (AvgIpc) is 2.68. The van der Waals surface area contributed by atoms with Crippen LogP contribution in [-0.2, 0) is 0 Å². The number of pyridine rings is 1. The molecule has 3 rings (SSSR count). The third-order valence-electron chi connectivity index (χ3n) is 3.68. The maximum atomic E-state index is 12.6. The molecule has 26 heavy (non-hydrogen) atoms. The zero-order valence-electron chi connectivity index (χ0n) is 13.8. The van der Waals surface area contributed by atoms with Crippen LogP contribution in [0.25, 0.3) is 11.4 Å². The van der Waals surface area contributed by atoms with Gasteiger partial charge in [0.25, 0.3) is 5.91 Å². The van der Waals surface area contributed by atoms with Gasteiger partial charge in [-0.3, -0.25) is 19.7 Å². The number of rotatable bonds is 4. The first-order chi connectivity index (χ1) is 12.6. The molecule has 1 atom stereocenters. The van der Waals surface area contributed by atoms with Gasteiger partial charge in [0, 0.05) is 28.6 Å². The molecule has 0 spiro atoms. The molecule has 6 nitrogen and oxygen atoms in total. The molecular weight excluding hydrogens is 394 g/mol. The highest BCUT2D eigenvalue weighted by Gasteiger charge is 2.18. The summed E-state index contributed by atoms with van der Waals surface area (Å²) in [5, 5.41) is 12.0. The van der Waals surface area contributed by atoms with E-state index in [9.17, 15) is 4.79 Å². The molecule has 1 amide bonds. The molecule has 0 aliphatic heterocycles. The summed E-state index contributed by atoms with van der Waals surface area (Å²) in [6.07, 6.45) is 4.86. The van der Waals surface area contributed by atoms with Gasteiger partial charge in [-0.15, -0.1) is 0 Å². The van der Waals surface area contributed by atoms with Crippen molar-refractivity contribution in [3.8, 4) is 17.5 Å². The van der Waals surface area contributed by atoms with Crippen molar-refractivity contribution < 1.29 is 4.79 Å². The molecule has 1 N–H and O–H groups in total. The normalized spacial score (nSPS) is 11.4. The molecule has 0 aliphatic carbocycles. The monoisotopic (exact) mass is 407 g/mol. The van der Waals surface area contributed by atoms with Crippen LogP contribution >= 0.6 is 15.9 Å². The van der Waals surface area contributed by atoms with Crippen molar-refractivity contribution in [2.24, 2.45) is 0 Å². The van der Waals surface area contributed by atoms with E-state index in [0.29, 0.717) is 32.7 Å². The van der Waals surface area contributed by atoms with E-state index in [4.69, 9.17) is 5.26 Å². The van der Waals surface area contributed by atoms with Gasteiger partial charge in [-0.2, -0.15) is 5.26 Å². The molecule has 0 saturated carbocycles. The molecule has 0 radical (unpaired) electrons. The van der Waals surface area contributed by atoms with Gasteiger partial charge >= 0.3 is 0 Å². The van der Waals surface area contributed by atoms with Crippen molar-refractivity contribution in [2.75, 3.05) is 0 Å². The Morgan fingerprint density at radius 2 is 1.96 bits per heavy atom. The molecule has 0 fully saturated rings. The van der Waals surface area contributed by atoms with Crippen LogP contribution in [0.4, 0.5) is 0 Å². The van der Waals surface area contributed by atoms with Crippen molar-refractivity contribution in [3.63, 3.8) is 0 Å². The van der Waals surface area contributed by atoms with E-state index in [0.717, 1.165) is 0 Å². The standard InChI is InChI=1S/C19H14BrN5O/c1-12(25-19(26)14-8-13(11-21)9-15(20)10-14)17-18(24-7-6-23-17)16-4-2-3-5-22-16/h2-10,12H,1H3,(H,25,26). The minimum absolute atomic E-state index is 0.298. The fraction of sp³-hybridized carbons (Fsp3) is 0.105. The molecule has 3 aromatic rings. The highest BCUT2D eigenvalue weighted by Crippen LogP contribution is 2.23. The first kappa shape index (κ1) is 17.7. The van der Waals surface area contributed by atoms with Gasteiger partial charge < -0.3 is 5.32 Å². The number of nitrogens with one attached hydrogen (secondary N) is 1. The number of nitriles is 1. The molecule has 0 aliphatic rings. The molecule has 2 aromatic heterocycles. The van der Waals surface area contributed by atoms with E-state index < -0.39 is 6.04 Å². The zero-order chi connectivity index (χ0) is 18.5. The summed E-state index contributed by atoms with van der Waals surface area (Å²) >= 11 is 3.31. The number of carbonyl (C=O) groups is 1. The second-order valence-corrected chi connectivity index (χ2v) is 6.46. The van der Waals surface area contributed by atoms with Crippen LogP contribution in [0.15, 0.2) is 59.5 Å². The maximum Gasteiger partial charge on any atom is 0.251 e. The van der Waals surface area contributed by atoms with Crippen LogP contribution in [0.1, 0.15) is 34.6 Å². The number of benzene rings is 1. The van der Waals surface area contributed by atoms with Crippen LogP contribution in [-0.4, -0.2) is 20.9 Å². The Hall–Kier alpha value is -3.11. The second-order valence-electron chi connectivity index (χ2n) is 5.54. The maximum absolute atomic E-state index is 12.6. The number of nitrogens with zero attached hydrogens (tertiary/aromatic N) is 4. The molecular formula is C19H14BrN5O. The van der Waals surface area contributed by atoms with E-state index in [1.54, 1.807) is 36.8 Å². The van der Waals surface area contributed by atoms with Gasteiger partial charge in [0.1, 0.15) is 5.69 Å². The van der Waals surface area contributed by atoms with E-state index in [-0.39, 0.29) is 5.91 Å². The van der Waals surface area contributed by atoms with Crippen molar-refractivity contribution in [2.45, 2.75) is 13.0 Å². The lowest BCUT2D eigenvalue weighted by atomic mass is 10.1. The minimum atomic E-state index is -0.391. The number of amides is 1. The Bertz CT molecular complexity index is 985. The van der Waals surface area contributed by atoms with Gasteiger partial charge in [0.05, 0.1) is 29.1 Å². The van der Waals surface area contributed by atoms with Crippen molar-refractivity contribution in [1.82, 2.24) is 20.3 Å². The lowest BCUT2D eigenvalue weighted by Crippen LogP contribution is -2.28. The van der Waals surface area contributed by atoms with Gasteiger partial charge in [0.15, 0.2) is 0 Å². The van der Waals surface area contributed by atoms with Crippen LogP contribution in [0.2, 0.25) is 0 Å². The van der Waals surface area contributed by atoms with Crippen molar-refractivity contribution >= 4 is 21.8 Å². The van der Waals surface area contributed by atoms with Gasteiger partial charge in [-0.05, 0) is 37.3 Å². The molecule has 2 heterocycles. The summed E-state index contributed by atoms with van der Waals surface area (Å²) in [6.45, 7) is 1.83. The Labute approximate surface area is 159 Å². The second kappa shape index (κ2) is 7.85. The molecule has 1 unspecified atom stereocenters. The molecule has 0 saturated heterocycles. The Morgan fingerprint density at radius 3 is 2.69 bits per heavy atom. The average molecular weight is 408 g/mol. The first-order valence-corrected chi connectivity index (χ1v) is 8.61. The Morgan fingerprint density at radius 1 is 1.15 bits per heavy atom. The molecule has 7 heteroatoms. The summed E-state index contributed by atoms with van der Waals surface area (Å²) in [7, 11) is 0. The van der Waals surface area contributed by atoms with Crippen molar-refractivity contribution in [3.05, 3.63) is 76.3 Å². The summed E-state index contributed by atoms with van der Waals surface area (Å²) < 4.78 is 0.669. The fourth-order valence-corrected chi connectivity index (χ4v) is 2.99. The summed E-state index contributed by atoms with van der Waals surface area (Å²) in [5.41, 5.74) is 2.73. The predicted octanol–water partition coefficient (Wildman–Crippen LogP) is 3.66. The van der Waals surface area contributed by atoms with E-state index in [1.165, 1.54) is 0 Å². The SMILES string of the molecule is CC(NC(=O)c1cc(Br)cc(C#N)c1)c1nccnc1-c1ccccn1. The zero-order valence-corrected chi connectivity index (χ0v) is 15.4. The van der Waals surface area contributed by atoms with Gasteiger partial charge in [-0.25, -0.2) is 0 Å². The first-order valence-electron chi connectivity index (χ1n) is 7.82. The fourth-order valence-electron chi connectivity index (χ4n) is 2.50.